The summed E-state index contributed by atoms with van der Waals surface area (Å²) in [5.74, 6) is 0.996. The van der Waals surface area contributed by atoms with Crippen LogP contribution in [0.25, 0.3) is 0 Å². The van der Waals surface area contributed by atoms with E-state index in [1.807, 2.05) is 6.07 Å². The van der Waals surface area contributed by atoms with Gasteiger partial charge < -0.3 is 15.4 Å². The quantitative estimate of drug-likeness (QED) is 0.792. The number of hydrogen-bond acceptors (Lipinski definition) is 7. The van der Waals surface area contributed by atoms with Crippen molar-refractivity contribution >= 4 is 23.4 Å². The third-order valence-corrected chi connectivity index (χ3v) is 2.82. The molecule has 0 atom stereocenters. The van der Waals surface area contributed by atoms with Crippen LogP contribution >= 0.6 is 0 Å². The van der Waals surface area contributed by atoms with E-state index in [0.29, 0.717) is 28.9 Å². The highest BCUT2D eigenvalue weighted by Gasteiger charge is 2.12. The predicted octanol–water partition coefficient (Wildman–Crippen LogP) is 2.47. The number of anilines is 3. The average Bonchev–Trinajstić information content (AvgIpc) is 2.53. The Labute approximate surface area is 129 Å². The van der Waals surface area contributed by atoms with Gasteiger partial charge in [-0.15, -0.1) is 5.10 Å². The highest BCUT2D eigenvalue weighted by molar-refractivity contribution is 5.96. The van der Waals surface area contributed by atoms with Gasteiger partial charge in [-0.3, -0.25) is 0 Å². The summed E-state index contributed by atoms with van der Waals surface area (Å²) in [7, 11) is 1.35. The zero-order chi connectivity index (χ0) is 15.9. The third-order valence-electron chi connectivity index (χ3n) is 2.82. The second-order valence-electron chi connectivity index (χ2n) is 5.10. The minimum absolute atomic E-state index is 0.414. The molecular formula is C15H19N5O2. The van der Waals surface area contributed by atoms with Crippen molar-refractivity contribution in [3.05, 3.63) is 36.0 Å². The number of methoxy groups -OCH3 is 1. The fourth-order valence-electron chi connectivity index (χ4n) is 1.75. The van der Waals surface area contributed by atoms with Gasteiger partial charge in [0.05, 0.1) is 24.6 Å². The number of aromatic nitrogens is 3. The molecule has 1 heterocycles. The molecular weight excluding hydrogens is 282 g/mol. The molecule has 0 aliphatic carbocycles. The highest BCUT2D eigenvalue weighted by atomic mass is 16.5. The Morgan fingerprint density at radius 3 is 2.82 bits per heavy atom. The molecule has 1 aromatic heterocycles. The van der Waals surface area contributed by atoms with E-state index in [2.05, 4.69) is 39.7 Å². The Balaban J connectivity index is 2.17. The van der Waals surface area contributed by atoms with Crippen molar-refractivity contribution in [2.24, 2.45) is 5.92 Å². The van der Waals surface area contributed by atoms with Crippen LogP contribution in [0.4, 0.5) is 17.5 Å². The Morgan fingerprint density at radius 2 is 2.09 bits per heavy atom. The normalized spacial score (nSPS) is 10.4. The van der Waals surface area contributed by atoms with Gasteiger partial charge in [-0.05, 0) is 18.1 Å². The van der Waals surface area contributed by atoms with Crippen LogP contribution in [-0.4, -0.2) is 34.8 Å². The van der Waals surface area contributed by atoms with Crippen molar-refractivity contribution in [2.75, 3.05) is 24.3 Å². The smallest absolute Gasteiger partial charge is 0.339 e. The summed E-state index contributed by atoms with van der Waals surface area (Å²) in [5.41, 5.74) is 1.03. The van der Waals surface area contributed by atoms with Crippen LogP contribution in [0.1, 0.15) is 24.2 Å². The molecule has 0 spiro atoms. The van der Waals surface area contributed by atoms with Crippen LogP contribution in [-0.2, 0) is 4.74 Å². The molecule has 1 aromatic carbocycles. The standard InChI is InChI=1S/C15H19N5O2/c1-10(2)8-16-15-19-13(9-17-20-15)18-12-7-5-4-6-11(12)14(21)22-3/h4-7,9-10H,8H2,1-3H3,(H2,16,18,19,20). The number of esters is 1. The van der Waals surface area contributed by atoms with Gasteiger partial charge in [0.2, 0.25) is 5.95 Å². The van der Waals surface area contributed by atoms with Gasteiger partial charge in [0, 0.05) is 6.54 Å². The van der Waals surface area contributed by atoms with Gasteiger partial charge in [0.1, 0.15) is 0 Å². The molecule has 0 aliphatic heterocycles. The van der Waals surface area contributed by atoms with Gasteiger partial charge in [-0.2, -0.15) is 10.1 Å². The summed E-state index contributed by atoms with van der Waals surface area (Å²) in [5, 5.41) is 14.0. The molecule has 22 heavy (non-hydrogen) atoms. The molecule has 0 radical (unpaired) electrons. The van der Waals surface area contributed by atoms with Gasteiger partial charge in [-0.25, -0.2) is 4.79 Å². The van der Waals surface area contributed by atoms with E-state index in [1.165, 1.54) is 13.3 Å². The van der Waals surface area contributed by atoms with Crippen LogP contribution in [0.3, 0.4) is 0 Å². The molecule has 0 bridgehead atoms. The highest BCUT2D eigenvalue weighted by Crippen LogP contribution is 2.20. The molecule has 7 heteroatoms. The molecule has 0 saturated carbocycles. The zero-order valence-electron chi connectivity index (χ0n) is 12.8. The van der Waals surface area contributed by atoms with Crippen molar-refractivity contribution in [1.29, 1.82) is 0 Å². The van der Waals surface area contributed by atoms with Crippen molar-refractivity contribution in [3.63, 3.8) is 0 Å². The van der Waals surface area contributed by atoms with Crippen molar-refractivity contribution < 1.29 is 9.53 Å². The maximum absolute atomic E-state index is 11.7. The molecule has 0 unspecified atom stereocenters. The molecule has 0 fully saturated rings. The fraction of sp³-hybridized carbons (Fsp3) is 0.333. The maximum Gasteiger partial charge on any atom is 0.339 e. The Hall–Kier alpha value is -2.70. The molecule has 7 nitrogen and oxygen atoms in total. The minimum Gasteiger partial charge on any atom is -0.465 e. The van der Waals surface area contributed by atoms with Crippen LogP contribution in [0, 0.1) is 5.92 Å². The first kappa shape index (κ1) is 15.7. The summed E-state index contributed by atoms with van der Waals surface area (Å²) in [6.07, 6.45) is 1.49. The van der Waals surface area contributed by atoms with E-state index in [1.54, 1.807) is 18.2 Å². The predicted molar refractivity (Wildman–Crippen MR) is 84.2 cm³/mol. The summed E-state index contributed by atoms with van der Waals surface area (Å²) >= 11 is 0. The number of hydrogen-bond donors (Lipinski definition) is 2. The fourth-order valence-corrected chi connectivity index (χ4v) is 1.75. The maximum atomic E-state index is 11.7. The SMILES string of the molecule is COC(=O)c1ccccc1Nc1cnnc(NCC(C)C)n1. The lowest BCUT2D eigenvalue weighted by atomic mass is 10.2. The zero-order valence-corrected chi connectivity index (χ0v) is 12.8. The summed E-state index contributed by atoms with van der Waals surface area (Å²) in [6, 6.07) is 7.04. The average molecular weight is 301 g/mol. The van der Waals surface area contributed by atoms with E-state index < -0.39 is 5.97 Å². The van der Waals surface area contributed by atoms with E-state index >= 15 is 0 Å². The number of benzene rings is 1. The number of para-hydroxylation sites is 1. The number of rotatable bonds is 6. The molecule has 116 valence electrons. The first-order chi connectivity index (χ1) is 10.6. The number of ether oxygens (including phenoxy) is 1. The molecule has 2 rings (SSSR count). The molecule has 0 saturated heterocycles. The first-order valence-corrected chi connectivity index (χ1v) is 6.98. The third kappa shape index (κ3) is 4.15. The lowest BCUT2D eigenvalue weighted by Crippen LogP contribution is -2.12. The number of nitrogens with zero attached hydrogens (tertiary/aromatic N) is 3. The molecule has 0 amide bonds. The lowest BCUT2D eigenvalue weighted by molar-refractivity contribution is 0.0602. The first-order valence-electron chi connectivity index (χ1n) is 6.98. The van der Waals surface area contributed by atoms with E-state index in [0.717, 1.165) is 6.54 Å². The van der Waals surface area contributed by atoms with Crippen LogP contribution in [0.2, 0.25) is 0 Å². The van der Waals surface area contributed by atoms with Crippen LogP contribution in [0.15, 0.2) is 30.5 Å². The van der Waals surface area contributed by atoms with Crippen molar-refractivity contribution in [1.82, 2.24) is 15.2 Å². The number of carbonyl (C=O) groups excluding carboxylic acids is 1. The molecule has 0 aliphatic rings. The minimum atomic E-state index is -0.414. The second-order valence-corrected chi connectivity index (χ2v) is 5.10. The number of carbonyl (C=O) groups is 1. The molecule has 2 aromatic rings. The largest absolute Gasteiger partial charge is 0.465 e. The second kappa shape index (κ2) is 7.35. The van der Waals surface area contributed by atoms with Gasteiger partial charge in [-0.1, -0.05) is 26.0 Å². The van der Waals surface area contributed by atoms with E-state index in [-0.39, 0.29) is 0 Å². The Kier molecular flexibility index (Phi) is 5.24. The van der Waals surface area contributed by atoms with Crippen molar-refractivity contribution in [2.45, 2.75) is 13.8 Å². The number of nitrogens with one attached hydrogen (secondary N) is 2. The van der Waals surface area contributed by atoms with Gasteiger partial charge in [0.25, 0.3) is 0 Å². The lowest BCUT2D eigenvalue weighted by Gasteiger charge is -2.11. The van der Waals surface area contributed by atoms with Gasteiger partial charge in [0.15, 0.2) is 5.82 Å². The Morgan fingerprint density at radius 1 is 1.32 bits per heavy atom. The van der Waals surface area contributed by atoms with E-state index in [9.17, 15) is 4.79 Å². The summed E-state index contributed by atoms with van der Waals surface area (Å²) < 4.78 is 4.76. The van der Waals surface area contributed by atoms with Crippen LogP contribution < -0.4 is 10.6 Å². The monoisotopic (exact) mass is 301 g/mol. The summed E-state index contributed by atoms with van der Waals surface area (Å²) in [6.45, 7) is 4.94. The summed E-state index contributed by atoms with van der Waals surface area (Å²) in [4.78, 5) is 16.1. The topological polar surface area (TPSA) is 89.0 Å². The van der Waals surface area contributed by atoms with Gasteiger partial charge >= 0.3 is 5.97 Å². The van der Waals surface area contributed by atoms with E-state index in [4.69, 9.17) is 4.74 Å². The van der Waals surface area contributed by atoms with Crippen LogP contribution in [0.5, 0.6) is 0 Å². The van der Waals surface area contributed by atoms with Crippen molar-refractivity contribution in [3.8, 4) is 0 Å². The Bertz CT molecular complexity index is 645. The molecule has 2 N–H and O–H groups in total.